The van der Waals surface area contributed by atoms with Crippen molar-refractivity contribution in [3.63, 3.8) is 0 Å². The molecule has 9 heteroatoms. The number of methoxy groups -OCH3 is 1. The van der Waals surface area contributed by atoms with Crippen LogP contribution in [0, 0.1) is 17.5 Å². The van der Waals surface area contributed by atoms with Crippen LogP contribution < -0.4 is 5.32 Å². The normalized spacial score (nSPS) is 10.5. The number of nitrogens with zero attached hydrogens (tertiary/aromatic N) is 1. The maximum atomic E-state index is 13.7. The quantitative estimate of drug-likeness (QED) is 0.674. The number of amides is 1. The number of ether oxygens (including phenoxy) is 1. The number of thiazole rings is 1. The molecule has 0 aliphatic carbocycles. The van der Waals surface area contributed by atoms with Gasteiger partial charge in [0.2, 0.25) is 0 Å². The molecule has 3 aromatic rings. The van der Waals surface area contributed by atoms with Crippen LogP contribution in [0.2, 0.25) is 0 Å². The highest BCUT2D eigenvalue weighted by atomic mass is 32.1. The fourth-order valence-corrected chi connectivity index (χ4v) is 3.25. The van der Waals surface area contributed by atoms with Crippen LogP contribution in [0.15, 0.2) is 42.5 Å². The molecular weight excluding hydrogens is 381 g/mol. The van der Waals surface area contributed by atoms with E-state index in [9.17, 15) is 22.8 Å². The van der Waals surface area contributed by atoms with Gasteiger partial charge in [-0.05, 0) is 29.8 Å². The van der Waals surface area contributed by atoms with Crippen molar-refractivity contribution in [1.29, 1.82) is 0 Å². The van der Waals surface area contributed by atoms with Crippen LogP contribution in [0.3, 0.4) is 0 Å². The lowest BCUT2D eigenvalue weighted by Crippen LogP contribution is -2.16. The molecule has 1 N–H and O–H groups in total. The van der Waals surface area contributed by atoms with Gasteiger partial charge in [-0.2, -0.15) is 0 Å². The van der Waals surface area contributed by atoms with Gasteiger partial charge in [0.1, 0.15) is 23.0 Å². The molecule has 0 radical (unpaired) electrons. The molecule has 1 amide bonds. The molecule has 138 valence electrons. The second-order valence-electron chi connectivity index (χ2n) is 5.25. The number of benzene rings is 2. The summed E-state index contributed by atoms with van der Waals surface area (Å²) in [6, 6.07) is 8.41. The number of carbonyl (C=O) groups is 2. The van der Waals surface area contributed by atoms with Crippen molar-refractivity contribution in [3.05, 3.63) is 71.2 Å². The Morgan fingerprint density at radius 2 is 1.74 bits per heavy atom. The molecule has 0 spiro atoms. The van der Waals surface area contributed by atoms with Crippen molar-refractivity contribution in [2.75, 3.05) is 12.4 Å². The molecule has 0 atom stereocenters. The third-order valence-electron chi connectivity index (χ3n) is 3.50. The number of nitrogens with one attached hydrogen (secondary N) is 1. The van der Waals surface area contributed by atoms with Crippen molar-refractivity contribution in [2.45, 2.75) is 0 Å². The van der Waals surface area contributed by atoms with E-state index in [2.05, 4.69) is 15.0 Å². The molecule has 0 bridgehead atoms. The number of halogens is 3. The topological polar surface area (TPSA) is 68.3 Å². The fourth-order valence-electron chi connectivity index (χ4n) is 2.31. The molecule has 27 heavy (non-hydrogen) atoms. The molecule has 0 saturated carbocycles. The smallest absolute Gasteiger partial charge is 0.358 e. The predicted molar refractivity (Wildman–Crippen MR) is 93.2 cm³/mol. The Labute approximate surface area is 155 Å². The molecule has 0 unspecified atom stereocenters. The van der Waals surface area contributed by atoms with E-state index in [1.807, 2.05) is 0 Å². The standard InChI is InChI=1S/C18H11F3N2O3S/c1-26-17(25)14-15(9-4-2-5-10(19)8-9)27-18(22-14)23-16(24)13-11(20)6-3-7-12(13)21/h2-8H,1H3,(H,22,23,24). The number of esters is 1. The molecule has 5 nitrogen and oxygen atoms in total. The molecule has 0 aliphatic rings. The van der Waals surface area contributed by atoms with Gasteiger partial charge in [-0.3, -0.25) is 10.1 Å². The minimum absolute atomic E-state index is 0.0951. The summed E-state index contributed by atoms with van der Waals surface area (Å²) in [6.45, 7) is 0. The zero-order valence-electron chi connectivity index (χ0n) is 13.8. The van der Waals surface area contributed by atoms with E-state index in [4.69, 9.17) is 0 Å². The lowest BCUT2D eigenvalue weighted by molar-refractivity contribution is 0.0595. The summed E-state index contributed by atoms with van der Waals surface area (Å²) in [4.78, 5) is 28.4. The van der Waals surface area contributed by atoms with E-state index < -0.39 is 34.9 Å². The van der Waals surface area contributed by atoms with Crippen molar-refractivity contribution in [3.8, 4) is 10.4 Å². The van der Waals surface area contributed by atoms with Crippen LogP contribution >= 0.6 is 11.3 Å². The summed E-state index contributed by atoms with van der Waals surface area (Å²) in [6.07, 6.45) is 0. The first-order valence-corrected chi connectivity index (χ1v) is 8.32. The number of hydrogen-bond acceptors (Lipinski definition) is 5. The van der Waals surface area contributed by atoms with E-state index in [1.165, 1.54) is 18.2 Å². The Balaban J connectivity index is 2.00. The molecule has 0 aliphatic heterocycles. The average Bonchev–Trinajstić information content (AvgIpc) is 3.04. The van der Waals surface area contributed by atoms with Gasteiger partial charge in [-0.15, -0.1) is 0 Å². The van der Waals surface area contributed by atoms with Crippen molar-refractivity contribution in [1.82, 2.24) is 4.98 Å². The first kappa shape index (κ1) is 18.6. The highest BCUT2D eigenvalue weighted by molar-refractivity contribution is 7.19. The highest BCUT2D eigenvalue weighted by Gasteiger charge is 2.23. The van der Waals surface area contributed by atoms with Crippen molar-refractivity contribution in [2.24, 2.45) is 0 Å². The summed E-state index contributed by atoms with van der Waals surface area (Å²) in [5.41, 5.74) is -0.595. The fraction of sp³-hybridized carbons (Fsp3) is 0.0556. The second kappa shape index (κ2) is 7.58. The molecule has 0 fully saturated rings. The first-order valence-electron chi connectivity index (χ1n) is 7.51. The van der Waals surface area contributed by atoms with E-state index in [0.29, 0.717) is 5.56 Å². The zero-order valence-corrected chi connectivity index (χ0v) is 14.6. The Morgan fingerprint density at radius 3 is 2.37 bits per heavy atom. The molecule has 2 aromatic carbocycles. The number of carbonyl (C=O) groups excluding carboxylic acids is 2. The Morgan fingerprint density at radius 1 is 1.07 bits per heavy atom. The van der Waals surface area contributed by atoms with Gasteiger partial charge >= 0.3 is 5.97 Å². The summed E-state index contributed by atoms with van der Waals surface area (Å²) in [5.74, 6) is -4.48. The summed E-state index contributed by atoms with van der Waals surface area (Å²) in [5, 5.41) is 2.16. The molecular formula is C18H11F3N2O3S. The van der Waals surface area contributed by atoms with Crippen LogP contribution in [-0.2, 0) is 4.74 Å². The van der Waals surface area contributed by atoms with Crippen molar-refractivity contribution < 1.29 is 27.5 Å². The van der Waals surface area contributed by atoms with Gasteiger partial charge < -0.3 is 4.74 Å². The van der Waals surface area contributed by atoms with Gasteiger partial charge in [-0.1, -0.05) is 29.5 Å². The largest absolute Gasteiger partial charge is 0.464 e. The van der Waals surface area contributed by atoms with Crippen molar-refractivity contribution >= 4 is 28.3 Å². The Bertz CT molecular complexity index is 1020. The predicted octanol–water partition coefficient (Wildman–Crippen LogP) is 4.27. The number of anilines is 1. The number of hydrogen-bond donors (Lipinski definition) is 1. The van der Waals surface area contributed by atoms with Crippen LogP contribution in [-0.4, -0.2) is 24.0 Å². The van der Waals surface area contributed by atoms with E-state index in [0.717, 1.165) is 36.6 Å². The van der Waals surface area contributed by atoms with Crippen LogP contribution in [0.25, 0.3) is 10.4 Å². The average molecular weight is 392 g/mol. The molecule has 0 saturated heterocycles. The lowest BCUT2D eigenvalue weighted by Gasteiger charge is -2.04. The lowest BCUT2D eigenvalue weighted by atomic mass is 10.1. The first-order chi connectivity index (χ1) is 12.9. The highest BCUT2D eigenvalue weighted by Crippen LogP contribution is 2.34. The third-order valence-corrected chi connectivity index (χ3v) is 4.52. The van der Waals surface area contributed by atoms with E-state index >= 15 is 0 Å². The monoisotopic (exact) mass is 392 g/mol. The van der Waals surface area contributed by atoms with Crippen LogP contribution in [0.4, 0.5) is 18.3 Å². The minimum Gasteiger partial charge on any atom is -0.464 e. The minimum atomic E-state index is -1.07. The summed E-state index contributed by atoms with van der Waals surface area (Å²) in [7, 11) is 1.14. The molecule has 3 rings (SSSR count). The van der Waals surface area contributed by atoms with E-state index in [1.54, 1.807) is 6.07 Å². The number of rotatable bonds is 4. The van der Waals surface area contributed by atoms with Crippen LogP contribution in [0.5, 0.6) is 0 Å². The summed E-state index contributed by atoms with van der Waals surface area (Å²) >= 11 is 0.844. The summed E-state index contributed by atoms with van der Waals surface area (Å²) < 4.78 is 45.7. The van der Waals surface area contributed by atoms with E-state index in [-0.39, 0.29) is 15.7 Å². The maximum Gasteiger partial charge on any atom is 0.358 e. The van der Waals surface area contributed by atoms with Crippen LogP contribution in [0.1, 0.15) is 20.8 Å². The number of aromatic nitrogens is 1. The maximum absolute atomic E-state index is 13.7. The third kappa shape index (κ3) is 3.82. The second-order valence-corrected chi connectivity index (χ2v) is 6.25. The van der Waals surface area contributed by atoms with Gasteiger partial charge in [0.05, 0.1) is 12.0 Å². The molecule has 1 aromatic heterocycles. The van der Waals surface area contributed by atoms with Gasteiger partial charge in [0.15, 0.2) is 10.8 Å². The van der Waals surface area contributed by atoms with Gasteiger partial charge in [0, 0.05) is 0 Å². The van der Waals surface area contributed by atoms with Gasteiger partial charge in [0.25, 0.3) is 5.91 Å². The zero-order chi connectivity index (χ0) is 19.6. The molecule has 1 heterocycles. The Hall–Kier alpha value is -3.20. The van der Waals surface area contributed by atoms with Gasteiger partial charge in [-0.25, -0.2) is 22.9 Å². The SMILES string of the molecule is COC(=O)c1nc(NC(=O)c2c(F)cccc2F)sc1-c1cccc(F)c1. The Kier molecular flexibility index (Phi) is 5.22.